The molecule has 1 unspecified atom stereocenters. The van der Waals surface area contributed by atoms with Gasteiger partial charge in [0.1, 0.15) is 0 Å². The fraction of sp³-hybridized carbons (Fsp3) is 0.833. The molecule has 0 bridgehead atoms. The van der Waals surface area contributed by atoms with E-state index >= 15 is 0 Å². The maximum atomic E-state index is 9.64. The van der Waals surface area contributed by atoms with E-state index in [9.17, 15) is 10.2 Å². The van der Waals surface area contributed by atoms with Crippen LogP contribution in [0.3, 0.4) is 0 Å². The lowest BCUT2D eigenvalue weighted by molar-refractivity contribution is -0.0544. The maximum Gasteiger partial charge on any atom is 0.0849 e. The normalized spacial score (nSPS) is 16.2. The summed E-state index contributed by atoms with van der Waals surface area (Å²) in [7, 11) is 0. The van der Waals surface area contributed by atoms with Crippen LogP contribution in [0.25, 0.3) is 0 Å². The van der Waals surface area contributed by atoms with E-state index in [4.69, 9.17) is 0 Å². The van der Waals surface area contributed by atoms with Crippen molar-refractivity contribution >= 4 is 0 Å². The molecule has 14 heavy (non-hydrogen) atoms. The predicted octanol–water partition coefficient (Wildman–Crippen LogP) is 2.50. The van der Waals surface area contributed by atoms with Crippen LogP contribution in [0.1, 0.15) is 47.5 Å². The molecule has 0 amide bonds. The van der Waals surface area contributed by atoms with Crippen molar-refractivity contribution in [2.24, 2.45) is 5.41 Å². The van der Waals surface area contributed by atoms with Crippen LogP contribution in [-0.2, 0) is 0 Å². The van der Waals surface area contributed by atoms with Crippen molar-refractivity contribution in [1.82, 2.24) is 0 Å². The molecule has 0 spiro atoms. The highest BCUT2D eigenvalue weighted by atomic mass is 16.3. The maximum absolute atomic E-state index is 9.64. The topological polar surface area (TPSA) is 40.5 Å². The van der Waals surface area contributed by atoms with Gasteiger partial charge in [0.25, 0.3) is 0 Å². The lowest BCUT2D eigenvalue weighted by atomic mass is 9.84. The van der Waals surface area contributed by atoms with Gasteiger partial charge in [0.05, 0.1) is 11.7 Å². The van der Waals surface area contributed by atoms with Gasteiger partial charge >= 0.3 is 0 Å². The van der Waals surface area contributed by atoms with Crippen molar-refractivity contribution in [2.45, 2.75) is 59.2 Å². The van der Waals surface area contributed by atoms with Crippen LogP contribution in [0.15, 0.2) is 12.2 Å². The van der Waals surface area contributed by atoms with Gasteiger partial charge in [-0.3, -0.25) is 0 Å². The molecule has 0 fully saturated rings. The van der Waals surface area contributed by atoms with Crippen LogP contribution >= 0.6 is 0 Å². The monoisotopic (exact) mass is 200 g/mol. The molecule has 0 saturated heterocycles. The lowest BCUT2D eigenvalue weighted by Gasteiger charge is -2.28. The Hall–Kier alpha value is -0.340. The summed E-state index contributed by atoms with van der Waals surface area (Å²) >= 11 is 0. The van der Waals surface area contributed by atoms with Crippen LogP contribution in [0.4, 0.5) is 0 Å². The van der Waals surface area contributed by atoms with Crippen LogP contribution in [0.2, 0.25) is 0 Å². The molecule has 0 aliphatic heterocycles. The van der Waals surface area contributed by atoms with Crippen molar-refractivity contribution in [3.05, 3.63) is 12.2 Å². The largest absolute Gasteiger partial charge is 0.390 e. The van der Waals surface area contributed by atoms with Gasteiger partial charge in [-0.2, -0.15) is 0 Å². The van der Waals surface area contributed by atoms with Gasteiger partial charge in [-0.1, -0.05) is 26.0 Å². The van der Waals surface area contributed by atoms with Gasteiger partial charge in [0.2, 0.25) is 0 Å². The third kappa shape index (κ3) is 5.40. The predicted molar refractivity (Wildman–Crippen MR) is 60.1 cm³/mol. The Kier molecular flexibility index (Phi) is 4.82. The quantitative estimate of drug-likeness (QED) is 0.669. The molecule has 0 heterocycles. The minimum atomic E-state index is -0.994. The number of aliphatic hydroxyl groups is 2. The van der Waals surface area contributed by atoms with Gasteiger partial charge in [-0.05, 0) is 39.0 Å². The van der Waals surface area contributed by atoms with E-state index in [1.807, 2.05) is 13.0 Å². The Bertz CT molecular complexity index is 187. The van der Waals surface area contributed by atoms with Crippen molar-refractivity contribution in [2.75, 3.05) is 0 Å². The van der Waals surface area contributed by atoms with Crippen LogP contribution in [0.5, 0.6) is 0 Å². The standard InChI is InChI=1S/C12H24O2/c1-6-8-11(2,3)9-7-10(13)12(4,5)14/h6,8,10,13-14H,7,9H2,1-5H3/b8-6-. The van der Waals surface area contributed by atoms with Crippen LogP contribution < -0.4 is 0 Å². The number of allylic oxidation sites excluding steroid dienone is 2. The van der Waals surface area contributed by atoms with E-state index in [1.54, 1.807) is 13.8 Å². The van der Waals surface area contributed by atoms with Crippen molar-refractivity contribution in [3.63, 3.8) is 0 Å². The highest BCUT2D eigenvalue weighted by Crippen LogP contribution is 2.27. The summed E-state index contributed by atoms with van der Waals surface area (Å²) in [5.74, 6) is 0. The van der Waals surface area contributed by atoms with E-state index in [1.165, 1.54) is 0 Å². The Morgan fingerprint density at radius 2 is 1.71 bits per heavy atom. The first-order valence-corrected chi connectivity index (χ1v) is 5.23. The molecule has 0 aliphatic carbocycles. The van der Waals surface area contributed by atoms with E-state index in [0.717, 1.165) is 6.42 Å². The van der Waals surface area contributed by atoms with Gasteiger partial charge in [0.15, 0.2) is 0 Å². The molecule has 0 aromatic heterocycles. The van der Waals surface area contributed by atoms with E-state index in [2.05, 4.69) is 19.9 Å². The van der Waals surface area contributed by atoms with E-state index in [-0.39, 0.29) is 5.41 Å². The molecule has 0 rings (SSSR count). The number of rotatable bonds is 5. The number of hydrogen-bond acceptors (Lipinski definition) is 2. The second-order valence-electron chi connectivity index (χ2n) is 5.20. The van der Waals surface area contributed by atoms with Crippen molar-refractivity contribution in [1.29, 1.82) is 0 Å². The summed E-state index contributed by atoms with van der Waals surface area (Å²) in [5.41, 5.74) is -0.896. The SMILES string of the molecule is C/C=C\C(C)(C)CCC(O)C(C)(C)O. The summed E-state index contributed by atoms with van der Waals surface area (Å²) in [4.78, 5) is 0. The Morgan fingerprint density at radius 3 is 2.07 bits per heavy atom. The minimum Gasteiger partial charge on any atom is -0.390 e. The Morgan fingerprint density at radius 1 is 1.21 bits per heavy atom. The molecule has 0 radical (unpaired) electrons. The molecule has 2 nitrogen and oxygen atoms in total. The average Bonchev–Trinajstić information content (AvgIpc) is 1.98. The molecule has 0 aromatic carbocycles. The summed E-state index contributed by atoms with van der Waals surface area (Å²) in [5, 5.41) is 19.2. The summed E-state index contributed by atoms with van der Waals surface area (Å²) in [6.07, 6.45) is 5.01. The Balaban J connectivity index is 4.06. The van der Waals surface area contributed by atoms with Crippen LogP contribution in [-0.4, -0.2) is 21.9 Å². The first kappa shape index (κ1) is 13.7. The summed E-state index contributed by atoms with van der Waals surface area (Å²) < 4.78 is 0. The smallest absolute Gasteiger partial charge is 0.0849 e. The molecule has 0 saturated carbocycles. The second kappa shape index (κ2) is 4.94. The fourth-order valence-corrected chi connectivity index (χ4v) is 1.40. The van der Waals surface area contributed by atoms with E-state index in [0.29, 0.717) is 6.42 Å². The highest BCUT2D eigenvalue weighted by Gasteiger charge is 2.26. The first-order valence-electron chi connectivity index (χ1n) is 5.23. The zero-order chi connectivity index (χ0) is 11.4. The average molecular weight is 200 g/mol. The minimum absolute atomic E-state index is 0.0982. The van der Waals surface area contributed by atoms with Gasteiger partial charge in [0, 0.05) is 0 Å². The van der Waals surface area contributed by atoms with Gasteiger partial charge in [-0.15, -0.1) is 0 Å². The number of aliphatic hydroxyl groups excluding tert-OH is 1. The zero-order valence-corrected chi connectivity index (χ0v) is 10.0. The highest BCUT2D eigenvalue weighted by molar-refractivity contribution is 4.93. The molecule has 1 atom stereocenters. The lowest BCUT2D eigenvalue weighted by Crippen LogP contribution is -2.36. The second-order valence-corrected chi connectivity index (χ2v) is 5.20. The molecular formula is C12H24O2. The van der Waals surface area contributed by atoms with E-state index < -0.39 is 11.7 Å². The summed E-state index contributed by atoms with van der Waals surface area (Å²) in [6, 6.07) is 0. The third-order valence-corrected chi connectivity index (χ3v) is 2.50. The van der Waals surface area contributed by atoms with Crippen molar-refractivity contribution < 1.29 is 10.2 Å². The fourth-order valence-electron chi connectivity index (χ4n) is 1.40. The number of hydrogen-bond donors (Lipinski definition) is 2. The zero-order valence-electron chi connectivity index (χ0n) is 10.0. The first-order chi connectivity index (χ1) is 6.19. The molecule has 0 aliphatic rings. The molecule has 0 aromatic rings. The molecular weight excluding hydrogens is 176 g/mol. The van der Waals surface area contributed by atoms with Crippen LogP contribution in [0, 0.1) is 5.41 Å². The van der Waals surface area contributed by atoms with Gasteiger partial charge in [-0.25, -0.2) is 0 Å². The molecule has 2 N–H and O–H groups in total. The van der Waals surface area contributed by atoms with Crippen molar-refractivity contribution in [3.8, 4) is 0 Å². The molecule has 84 valence electrons. The Labute approximate surface area is 87.7 Å². The third-order valence-electron chi connectivity index (χ3n) is 2.50. The summed E-state index contributed by atoms with van der Waals surface area (Å²) in [6.45, 7) is 9.53. The van der Waals surface area contributed by atoms with Gasteiger partial charge < -0.3 is 10.2 Å². The molecule has 2 heteroatoms.